The number of fused-ring (bicyclic) bond motifs is 1. The van der Waals surface area contributed by atoms with Crippen molar-refractivity contribution in [3.05, 3.63) is 53.6 Å². The van der Waals surface area contributed by atoms with Gasteiger partial charge in [0.25, 0.3) is 0 Å². The molecule has 0 radical (unpaired) electrons. The zero-order valence-electron chi connectivity index (χ0n) is 10.4. The monoisotopic (exact) mass is 254 g/mol. The lowest BCUT2D eigenvalue weighted by molar-refractivity contribution is 0.0971. The summed E-state index contributed by atoms with van der Waals surface area (Å²) in [5, 5.41) is 9.98. The third-order valence-electron chi connectivity index (χ3n) is 3.33. The molecular formula is C16H14O3. The number of para-hydroxylation sites is 1. The van der Waals surface area contributed by atoms with Crippen LogP contribution in [-0.2, 0) is 6.42 Å². The molecule has 1 aliphatic carbocycles. The summed E-state index contributed by atoms with van der Waals surface area (Å²) < 4.78 is 5.75. The Balaban J connectivity index is 2.05. The van der Waals surface area contributed by atoms with Gasteiger partial charge < -0.3 is 9.84 Å². The van der Waals surface area contributed by atoms with Gasteiger partial charge in [0.15, 0.2) is 17.3 Å². The van der Waals surface area contributed by atoms with Crippen LogP contribution in [0.4, 0.5) is 0 Å². The number of hydrogen-bond donors (Lipinski definition) is 1. The molecule has 0 heterocycles. The van der Waals surface area contributed by atoms with Crippen molar-refractivity contribution in [2.24, 2.45) is 0 Å². The first-order chi connectivity index (χ1) is 9.25. The molecule has 1 aliphatic rings. The predicted octanol–water partition coefficient (Wildman–Crippen LogP) is 3.70. The van der Waals surface area contributed by atoms with E-state index in [0.29, 0.717) is 23.5 Å². The van der Waals surface area contributed by atoms with Crippen molar-refractivity contribution >= 4 is 5.78 Å². The largest absolute Gasteiger partial charge is 0.504 e. The van der Waals surface area contributed by atoms with Gasteiger partial charge in [0, 0.05) is 17.5 Å². The van der Waals surface area contributed by atoms with Crippen LogP contribution in [0.2, 0.25) is 0 Å². The van der Waals surface area contributed by atoms with E-state index in [1.54, 1.807) is 6.07 Å². The number of aromatic hydroxyl groups is 1. The molecule has 3 heteroatoms. The number of hydrogen-bond acceptors (Lipinski definition) is 3. The van der Waals surface area contributed by atoms with Gasteiger partial charge in [-0.3, -0.25) is 4.79 Å². The van der Waals surface area contributed by atoms with Crippen LogP contribution in [0.15, 0.2) is 42.5 Å². The fraction of sp³-hybridized carbons (Fsp3) is 0.188. The molecular weight excluding hydrogens is 240 g/mol. The summed E-state index contributed by atoms with van der Waals surface area (Å²) in [6.07, 6.45) is 2.14. The number of ketones is 1. The maximum atomic E-state index is 11.9. The van der Waals surface area contributed by atoms with Gasteiger partial charge in [0.2, 0.25) is 0 Å². The Kier molecular flexibility index (Phi) is 2.95. The number of Topliss-reactive ketones (excluding diaryl/α,β-unsaturated/α-hetero) is 1. The molecule has 3 nitrogen and oxygen atoms in total. The number of benzene rings is 2. The van der Waals surface area contributed by atoms with E-state index in [-0.39, 0.29) is 11.5 Å². The molecule has 1 N–H and O–H groups in total. The standard InChI is InChI=1S/C16H14O3/c17-14-8-4-7-13-12(14)9-10-15(18)16(13)19-11-5-2-1-3-6-11/h1-3,5-6,9-10,18H,4,7-8H2. The van der Waals surface area contributed by atoms with E-state index in [1.165, 1.54) is 6.07 Å². The van der Waals surface area contributed by atoms with Crippen molar-refractivity contribution < 1.29 is 14.6 Å². The van der Waals surface area contributed by atoms with Gasteiger partial charge >= 0.3 is 0 Å². The molecule has 0 fully saturated rings. The average Bonchev–Trinajstić information content (AvgIpc) is 2.43. The Labute approximate surface area is 111 Å². The van der Waals surface area contributed by atoms with Gasteiger partial charge in [-0.15, -0.1) is 0 Å². The SMILES string of the molecule is O=C1CCCc2c1ccc(O)c2Oc1ccccc1. The lowest BCUT2D eigenvalue weighted by Crippen LogP contribution is -2.11. The minimum Gasteiger partial charge on any atom is -0.504 e. The van der Waals surface area contributed by atoms with Crippen LogP contribution < -0.4 is 4.74 Å². The summed E-state index contributed by atoms with van der Waals surface area (Å²) in [7, 11) is 0. The molecule has 0 aromatic heterocycles. The molecule has 3 rings (SSSR count). The number of carbonyl (C=O) groups excluding carboxylic acids is 1. The highest BCUT2D eigenvalue weighted by atomic mass is 16.5. The number of ether oxygens (including phenoxy) is 1. The number of carbonyl (C=O) groups is 1. The van der Waals surface area contributed by atoms with Crippen LogP contribution in [0, 0.1) is 0 Å². The van der Waals surface area contributed by atoms with Gasteiger partial charge in [0.1, 0.15) is 5.75 Å². The lowest BCUT2D eigenvalue weighted by Gasteiger charge is -2.19. The summed E-state index contributed by atoms with van der Waals surface area (Å²) in [6, 6.07) is 12.5. The first kappa shape index (κ1) is 11.8. The second-order valence-electron chi connectivity index (χ2n) is 4.63. The maximum Gasteiger partial charge on any atom is 0.172 e. The number of phenolic OH excluding ortho intramolecular Hbond substituents is 1. The summed E-state index contributed by atoms with van der Waals surface area (Å²) in [6.45, 7) is 0. The van der Waals surface area contributed by atoms with Crippen molar-refractivity contribution in [3.63, 3.8) is 0 Å². The van der Waals surface area contributed by atoms with E-state index < -0.39 is 0 Å². The third-order valence-corrected chi connectivity index (χ3v) is 3.33. The first-order valence-electron chi connectivity index (χ1n) is 6.36. The third kappa shape index (κ3) is 2.19. The molecule has 0 saturated carbocycles. The smallest absolute Gasteiger partial charge is 0.172 e. The Morgan fingerprint density at radius 2 is 1.79 bits per heavy atom. The highest BCUT2D eigenvalue weighted by molar-refractivity contribution is 5.99. The molecule has 0 atom stereocenters. The second-order valence-corrected chi connectivity index (χ2v) is 4.63. The van der Waals surface area contributed by atoms with E-state index in [2.05, 4.69) is 0 Å². The van der Waals surface area contributed by atoms with Gasteiger partial charge in [-0.05, 0) is 37.1 Å². The summed E-state index contributed by atoms with van der Waals surface area (Å²) in [4.78, 5) is 11.9. The van der Waals surface area contributed by atoms with Crippen LogP contribution >= 0.6 is 0 Å². The fourth-order valence-corrected chi connectivity index (χ4v) is 2.41. The zero-order valence-corrected chi connectivity index (χ0v) is 10.4. The predicted molar refractivity (Wildman–Crippen MR) is 71.9 cm³/mol. The molecule has 2 aromatic rings. The Morgan fingerprint density at radius 1 is 1.00 bits per heavy atom. The van der Waals surface area contributed by atoms with Crippen molar-refractivity contribution in [3.8, 4) is 17.2 Å². The van der Waals surface area contributed by atoms with Crippen LogP contribution in [0.25, 0.3) is 0 Å². The van der Waals surface area contributed by atoms with Crippen molar-refractivity contribution in [1.29, 1.82) is 0 Å². The molecule has 0 spiro atoms. The molecule has 19 heavy (non-hydrogen) atoms. The van der Waals surface area contributed by atoms with Gasteiger partial charge in [0.05, 0.1) is 0 Å². The molecule has 2 aromatic carbocycles. The molecule has 0 saturated heterocycles. The minimum absolute atomic E-state index is 0.0808. The van der Waals surface area contributed by atoms with Gasteiger partial charge in [-0.2, -0.15) is 0 Å². The molecule has 0 unspecified atom stereocenters. The average molecular weight is 254 g/mol. The second kappa shape index (κ2) is 4.76. The molecule has 0 bridgehead atoms. The van der Waals surface area contributed by atoms with Crippen LogP contribution in [0.5, 0.6) is 17.2 Å². The minimum atomic E-state index is 0.0808. The summed E-state index contributed by atoms with van der Waals surface area (Å²) in [5.41, 5.74) is 1.50. The van der Waals surface area contributed by atoms with Crippen molar-refractivity contribution in [1.82, 2.24) is 0 Å². The lowest BCUT2D eigenvalue weighted by atomic mass is 9.89. The van der Waals surface area contributed by atoms with E-state index >= 15 is 0 Å². The molecule has 0 aliphatic heterocycles. The van der Waals surface area contributed by atoms with Crippen LogP contribution in [0.1, 0.15) is 28.8 Å². The maximum absolute atomic E-state index is 11.9. The van der Waals surface area contributed by atoms with E-state index in [9.17, 15) is 9.90 Å². The summed E-state index contributed by atoms with van der Waals surface area (Å²) in [5.74, 6) is 1.28. The first-order valence-corrected chi connectivity index (χ1v) is 6.36. The normalized spacial score (nSPS) is 14.0. The van der Waals surface area contributed by atoms with Crippen LogP contribution in [-0.4, -0.2) is 10.9 Å². The topological polar surface area (TPSA) is 46.5 Å². The quantitative estimate of drug-likeness (QED) is 0.888. The Morgan fingerprint density at radius 3 is 2.58 bits per heavy atom. The van der Waals surface area contributed by atoms with Crippen molar-refractivity contribution in [2.75, 3.05) is 0 Å². The van der Waals surface area contributed by atoms with Gasteiger partial charge in [-0.25, -0.2) is 0 Å². The van der Waals surface area contributed by atoms with E-state index in [0.717, 1.165) is 18.4 Å². The Hall–Kier alpha value is -2.29. The molecule has 96 valence electrons. The molecule has 0 amide bonds. The Bertz CT molecular complexity index is 617. The number of rotatable bonds is 2. The van der Waals surface area contributed by atoms with Gasteiger partial charge in [-0.1, -0.05) is 18.2 Å². The van der Waals surface area contributed by atoms with E-state index in [1.807, 2.05) is 30.3 Å². The number of phenols is 1. The van der Waals surface area contributed by atoms with Crippen molar-refractivity contribution in [2.45, 2.75) is 19.3 Å². The zero-order chi connectivity index (χ0) is 13.2. The fourth-order valence-electron chi connectivity index (χ4n) is 2.41. The highest BCUT2D eigenvalue weighted by Gasteiger charge is 2.23. The van der Waals surface area contributed by atoms with Crippen LogP contribution in [0.3, 0.4) is 0 Å². The van der Waals surface area contributed by atoms with E-state index in [4.69, 9.17) is 4.74 Å². The summed E-state index contributed by atoms with van der Waals surface area (Å²) >= 11 is 0. The highest BCUT2D eigenvalue weighted by Crippen LogP contribution is 2.39.